The van der Waals surface area contributed by atoms with Crippen LogP contribution in [0, 0.1) is 12.0 Å². The number of nitrogens with one attached hydrogen (secondary N) is 1. The lowest BCUT2D eigenvalue weighted by Crippen LogP contribution is -2.47. The molecular weight excluding hydrogens is 244 g/mol. The van der Waals surface area contributed by atoms with Crippen LogP contribution in [0.15, 0.2) is 0 Å². The molecule has 0 radical (unpaired) electrons. The highest BCUT2D eigenvalue weighted by molar-refractivity contribution is 5.81. The first-order valence-electron chi connectivity index (χ1n) is 6.99. The molecule has 0 spiro atoms. The van der Waals surface area contributed by atoms with Crippen molar-refractivity contribution in [1.82, 2.24) is 5.32 Å². The van der Waals surface area contributed by atoms with Crippen LogP contribution in [0.2, 0.25) is 0 Å². The predicted octanol–water partition coefficient (Wildman–Crippen LogP) is 0.926. The fraction of sp³-hybridized carbons (Fsp3) is 0.857. The average Bonchev–Trinajstić information content (AvgIpc) is 2.34. The van der Waals surface area contributed by atoms with E-state index in [0.717, 1.165) is 36.8 Å². The summed E-state index contributed by atoms with van der Waals surface area (Å²) >= 11 is 0. The van der Waals surface area contributed by atoms with Crippen LogP contribution in [0.3, 0.4) is 0 Å². The first kappa shape index (κ1) is 18.4. The van der Waals surface area contributed by atoms with Crippen LogP contribution in [0.5, 0.6) is 0 Å². The van der Waals surface area contributed by atoms with Gasteiger partial charge in [-0.1, -0.05) is 20.8 Å². The molecule has 0 aliphatic heterocycles. The predicted molar refractivity (Wildman–Crippen MR) is 75.1 cm³/mol. The minimum absolute atomic E-state index is 0.119. The van der Waals surface area contributed by atoms with E-state index < -0.39 is 0 Å². The van der Waals surface area contributed by atoms with E-state index in [1.807, 2.05) is 20.8 Å². The summed E-state index contributed by atoms with van der Waals surface area (Å²) in [6.45, 7) is 9.90. The van der Waals surface area contributed by atoms with Gasteiger partial charge in [0, 0.05) is 5.41 Å². The monoisotopic (exact) mass is 274 g/mol. The lowest BCUT2D eigenvalue weighted by molar-refractivity contribution is -0.889. The first-order chi connectivity index (χ1) is 8.75. The van der Waals surface area contributed by atoms with E-state index in [9.17, 15) is 10.1 Å². The highest BCUT2D eigenvalue weighted by atomic mass is 17.1. The maximum absolute atomic E-state index is 11.9. The molecule has 1 amide bonds. The second-order valence-electron chi connectivity index (χ2n) is 6.31. The van der Waals surface area contributed by atoms with Crippen molar-refractivity contribution in [3.05, 3.63) is 6.61 Å². The van der Waals surface area contributed by atoms with Gasteiger partial charge in [0.2, 0.25) is 5.91 Å². The molecule has 0 saturated carbocycles. The number of unbranched alkanes of at least 4 members (excludes halogenated alkanes) is 1. The zero-order valence-corrected chi connectivity index (χ0v) is 13.0. The summed E-state index contributed by atoms with van der Waals surface area (Å²) in [7, 11) is 4.26. The van der Waals surface area contributed by atoms with Gasteiger partial charge >= 0.3 is 0 Å². The Morgan fingerprint density at radius 3 is 2.53 bits per heavy atom. The van der Waals surface area contributed by atoms with E-state index in [0.29, 0.717) is 6.54 Å². The summed E-state index contributed by atoms with van der Waals surface area (Å²) < 4.78 is 0.833. The first-order valence-corrected chi connectivity index (χ1v) is 6.99. The number of hydrogen-bond acceptors (Lipinski definition) is 2. The quantitative estimate of drug-likeness (QED) is 0.161. The molecule has 0 rings (SSSR count). The number of amides is 1. The van der Waals surface area contributed by atoms with Gasteiger partial charge in [-0.2, -0.15) is 0 Å². The van der Waals surface area contributed by atoms with Gasteiger partial charge in [-0.15, -0.1) is 6.42 Å². The third-order valence-corrected chi connectivity index (χ3v) is 3.67. The smallest absolute Gasteiger partial charge is 0.225 e. The van der Waals surface area contributed by atoms with Gasteiger partial charge in [0.1, 0.15) is 0 Å². The molecule has 0 aromatic heterocycles. The third kappa shape index (κ3) is 8.18. The minimum Gasteiger partial charge on any atom is -0.588 e. The maximum atomic E-state index is 11.9. The summed E-state index contributed by atoms with van der Waals surface area (Å²) in [5.41, 5.74) is -0.290. The number of aliphatic hydroxyl groups is 1. The highest BCUT2D eigenvalue weighted by Crippen LogP contribution is 2.19. The van der Waals surface area contributed by atoms with Crippen molar-refractivity contribution in [2.75, 3.05) is 33.7 Å². The summed E-state index contributed by atoms with van der Waals surface area (Å²) in [5, 5.41) is 12.9. The molecule has 0 aliphatic rings. The number of carbonyl (C=O) groups is 1. The van der Waals surface area contributed by atoms with Crippen LogP contribution in [0.1, 0.15) is 40.0 Å². The Hall–Kier alpha value is -0.650. The molecule has 19 heavy (non-hydrogen) atoms. The summed E-state index contributed by atoms with van der Waals surface area (Å²) in [5.74, 6) is 0.119. The number of carbonyl (C=O) groups excluding carboxylic acids is 1. The molecule has 0 aromatic carbocycles. The van der Waals surface area contributed by atoms with Crippen LogP contribution < -0.4 is 10.6 Å². The fourth-order valence-electron chi connectivity index (χ4n) is 1.65. The Morgan fingerprint density at radius 1 is 1.37 bits per heavy atom. The fourth-order valence-corrected chi connectivity index (χ4v) is 1.65. The molecule has 5 nitrogen and oxygen atoms in total. The normalized spacial score (nSPS) is 12.5. The van der Waals surface area contributed by atoms with Gasteiger partial charge in [-0.05, 0) is 19.4 Å². The third-order valence-electron chi connectivity index (χ3n) is 3.67. The molecule has 0 heterocycles. The molecule has 0 unspecified atom stereocenters. The Morgan fingerprint density at radius 2 is 2.00 bits per heavy atom. The number of likely N-dealkylation sites (N-methyl/N-ethyl adjacent to an activating group) is 1. The van der Waals surface area contributed by atoms with E-state index in [1.54, 1.807) is 0 Å². The molecule has 2 N–H and O–H groups in total. The molecular formula is C14H30N2O3. The average molecular weight is 274 g/mol. The summed E-state index contributed by atoms with van der Waals surface area (Å²) in [6, 6.07) is 0. The van der Waals surface area contributed by atoms with Crippen molar-refractivity contribution in [2.24, 2.45) is 5.41 Å². The lowest BCUT2D eigenvalue weighted by atomic mass is 9.89. The molecule has 0 aromatic rings. The molecule has 0 atom stereocenters. The Kier molecular flexibility index (Phi) is 8.22. The molecule has 0 fully saturated rings. The van der Waals surface area contributed by atoms with Crippen LogP contribution >= 0.6 is 0 Å². The number of quaternary nitrogens is 1. The Bertz CT molecular complexity index is 265. The highest BCUT2D eigenvalue weighted by Gasteiger charge is 2.25. The summed E-state index contributed by atoms with van der Waals surface area (Å²) in [6.07, 6.45) is 2.50. The van der Waals surface area contributed by atoms with Crippen molar-refractivity contribution in [3.8, 4) is 0 Å². The van der Waals surface area contributed by atoms with Crippen LogP contribution in [-0.4, -0.2) is 49.0 Å². The van der Waals surface area contributed by atoms with Crippen LogP contribution in [-0.2, 0) is 4.79 Å². The van der Waals surface area contributed by atoms with E-state index in [2.05, 4.69) is 24.3 Å². The number of nitrogens with zero attached hydrogens (tertiary/aromatic N) is 1. The summed E-state index contributed by atoms with van der Waals surface area (Å²) in [4.78, 5) is 14.6. The van der Waals surface area contributed by atoms with Crippen LogP contribution in [0.4, 0.5) is 0 Å². The molecule has 0 saturated heterocycles. The van der Waals surface area contributed by atoms with Gasteiger partial charge in [0.25, 0.3) is 0 Å². The van der Waals surface area contributed by atoms with Gasteiger partial charge in [-0.3, -0.25) is 4.79 Å². The van der Waals surface area contributed by atoms with Crippen molar-refractivity contribution < 1.29 is 19.4 Å². The standard InChI is InChI=1S/C14H30N2O3/c1-6-14(2,3)13(17)15-9-11-16(4,5)10-7-8-12-19-18/h12,19H,6-11H2,1-5H3,(H,15,17). The van der Waals surface area contributed by atoms with E-state index in [-0.39, 0.29) is 11.3 Å². The van der Waals surface area contributed by atoms with E-state index in [1.165, 1.54) is 6.61 Å². The SMILES string of the molecule is CCC(C)(C)C(=O)NCC[N+](C)(C)CCC[CH-][OH+][O-]. The largest absolute Gasteiger partial charge is 0.588 e. The lowest BCUT2D eigenvalue weighted by Gasteiger charge is -2.31. The maximum Gasteiger partial charge on any atom is 0.225 e. The minimum atomic E-state index is -0.290. The zero-order valence-electron chi connectivity index (χ0n) is 13.0. The van der Waals surface area contributed by atoms with E-state index >= 15 is 0 Å². The van der Waals surface area contributed by atoms with Gasteiger partial charge in [0.05, 0.1) is 33.7 Å². The van der Waals surface area contributed by atoms with E-state index in [4.69, 9.17) is 0 Å². The topological polar surface area (TPSA) is 65.0 Å². The number of rotatable bonds is 10. The molecule has 5 heteroatoms. The molecule has 114 valence electrons. The van der Waals surface area contributed by atoms with Gasteiger partial charge in [0.15, 0.2) is 0 Å². The second kappa shape index (κ2) is 8.51. The van der Waals surface area contributed by atoms with Crippen molar-refractivity contribution in [2.45, 2.75) is 40.0 Å². The Labute approximate surface area is 117 Å². The molecule has 0 bridgehead atoms. The second-order valence-corrected chi connectivity index (χ2v) is 6.31. The Balaban J connectivity index is 3.88. The van der Waals surface area contributed by atoms with Crippen molar-refractivity contribution >= 4 is 5.91 Å². The van der Waals surface area contributed by atoms with Crippen molar-refractivity contribution in [1.29, 1.82) is 0 Å². The zero-order chi connectivity index (χ0) is 14.9. The van der Waals surface area contributed by atoms with Gasteiger partial charge in [-0.25, -0.2) is 0 Å². The molecule has 0 aliphatic carbocycles. The number of hydrogen-bond donors (Lipinski definition) is 1. The van der Waals surface area contributed by atoms with Crippen LogP contribution in [0.25, 0.3) is 0 Å². The van der Waals surface area contributed by atoms with Crippen molar-refractivity contribution in [3.63, 3.8) is 0 Å². The van der Waals surface area contributed by atoms with Gasteiger partial charge < -0.3 is 19.9 Å².